The average Bonchev–Trinajstić information content (AvgIpc) is 2.33. The second-order valence-electron chi connectivity index (χ2n) is 3.83. The summed E-state index contributed by atoms with van der Waals surface area (Å²) in [4.78, 5) is 0. The smallest absolute Gasteiger partial charge is 0.0905 e. The van der Waals surface area contributed by atoms with E-state index >= 15 is 0 Å². The Morgan fingerprint density at radius 3 is 2.62 bits per heavy atom. The first-order chi connectivity index (χ1) is 7.83. The van der Waals surface area contributed by atoms with E-state index in [1.807, 2.05) is 48.6 Å². The van der Waals surface area contributed by atoms with Crippen LogP contribution in [0.4, 0.5) is 0 Å². The highest BCUT2D eigenvalue weighted by Gasteiger charge is 1.91. The largest absolute Gasteiger partial charge is 0.385 e. The van der Waals surface area contributed by atoms with Crippen LogP contribution in [0.1, 0.15) is 31.7 Å². The summed E-state index contributed by atoms with van der Waals surface area (Å²) >= 11 is 0. The van der Waals surface area contributed by atoms with Gasteiger partial charge in [0.1, 0.15) is 0 Å². The van der Waals surface area contributed by atoms with Crippen molar-refractivity contribution < 1.29 is 5.11 Å². The quantitative estimate of drug-likeness (QED) is 0.566. The molecule has 0 fully saturated rings. The van der Waals surface area contributed by atoms with E-state index in [1.165, 1.54) is 12.8 Å². The molecule has 1 rings (SSSR count). The fourth-order valence-electron chi connectivity index (χ4n) is 1.40. The predicted octanol–water partition coefficient (Wildman–Crippen LogP) is 3.81. The second-order valence-corrected chi connectivity index (χ2v) is 3.83. The third-order valence-electron chi connectivity index (χ3n) is 2.34. The molecule has 0 bridgehead atoms. The molecule has 0 heterocycles. The van der Waals surface area contributed by atoms with Crippen molar-refractivity contribution in [3.63, 3.8) is 0 Å². The SMILES string of the molecule is CCCC/C=C/C(O)/C=C/c1ccccc1. The van der Waals surface area contributed by atoms with Gasteiger partial charge in [0.25, 0.3) is 0 Å². The molecule has 86 valence electrons. The van der Waals surface area contributed by atoms with E-state index in [0.717, 1.165) is 12.0 Å². The van der Waals surface area contributed by atoms with Crippen molar-refractivity contribution >= 4 is 6.08 Å². The maximum absolute atomic E-state index is 9.64. The lowest BCUT2D eigenvalue weighted by molar-refractivity contribution is 0.272. The lowest BCUT2D eigenvalue weighted by Crippen LogP contribution is -1.95. The summed E-state index contributed by atoms with van der Waals surface area (Å²) < 4.78 is 0. The molecule has 0 radical (unpaired) electrons. The van der Waals surface area contributed by atoms with Gasteiger partial charge < -0.3 is 5.11 Å². The first-order valence-electron chi connectivity index (χ1n) is 5.91. The molecule has 0 aliphatic heterocycles. The molecule has 1 nitrogen and oxygen atoms in total. The number of allylic oxidation sites excluding steroid dienone is 1. The summed E-state index contributed by atoms with van der Waals surface area (Å²) in [5.74, 6) is 0. The summed E-state index contributed by atoms with van der Waals surface area (Å²) in [5, 5.41) is 9.64. The molecular weight excluding hydrogens is 196 g/mol. The zero-order valence-electron chi connectivity index (χ0n) is 9.84. The number of unbranched alkanes of at least 4 members (excludes halogenated alkanes) is 2. The Kier molecular flexibility index (Phi) is 6.28. The van der Waals surface area contributed by atoms with Crippen LogP contribution in [0.5, 0.6) is 0 Å². The fourth-order valence-corrected chi connectivity index (χ4v) is 1.40. The van der Waals surface area contributed by atoms with E-state index in [1.54, 1.807) is 6.08 Å². The Labute approximate surface area is 98.1 Å². The monoisotopic (exact) mass is 216 g/mol. The van der Waals surface area contributed by atoms with Gasteiger partial charge in [0.2, 0.25) is 0 Å². The highest BCUT2D eigenvalue weighted by Crippen LogP contribution is 2.03. The normalized spacial score (nSPS) is 13.6. The number of aliphatic hydroxyl groups is 1. The first kappa shape index (κ1) is 12.7. The van der Waals surface area contributed by atoms with Gasteiger partial charge in [-0.1, -0.05) is 74.4 Å². The van der Waals surface area contributed by atoms with Crippen molar-refractivity contribution in [2.24, 2.45) is 0 Å². The van der Waals surface area contributed by atoms with Gasteiger partial charge in [0.05, 0.1) is 6.10 Å². The molecular formula is C15H20O. The summed E-state index contributed by atoms with van der Waals surface area (Å²) in [7, 11) is 0. The Hall–Kier alpha value is -1.34. The van der Waals surface area contributed by atoms with E-state index < -0.39 is 6.10 Å². The van der Waals surface area contributed by atoms with Crippen LogP contribution in [0.25, 0.3) is 6.08 Å². The maximum Gasteiger partial charge on any atom is 0.0905 e. The molecule has 0 aliphatic rings. The number of hydrogen-bond acceptors (Lipinski definition) is 1. The number of hydrogen-bond donors (Lipinski definition) is 1. The highest BCUT2D eigenvalue weighted by atomic mass is 16.3. The Balaban J connectivity index is 2.36. The zero-order chi connectivity index (χ0) is 11.6. The van der Waals surface area contributed by atoms with Crippen molar-refractivity contribution in [2.45, 2.75) is 32.3 Å². The topological polar surface area (TPSA) is 20.2 Å². The standard InChI is InChI=1S/C15H20O/c1-2-3-4-8-11-15(16)13-12-14-9-6-5-7-10-14/h5-13,15-16H,2-4H2,1H3/b11-8+,13-12+. The van der Waals surface area contributed by atoms with Crippen LogP contribution >= 0.6 is 0 Å². The molecule has 1 N–H and O–H groups in total. The van der Waals surface area contributed by atoms with Crippen LogP contribution in [0.2, 0.25) is 0 Å². The second kappa shape index (κ2) is 7.89. The lowest BCUT2D eigenvalue weighted by Gasteiger charge is -1.97. The van der Waals surface area contributed by atoms with Crippen LogP contribution in [0, 0.1) is 0 Å². The van der Waals surface area contributed by atoms with Crippen LogP contribution in [0.3, 0.4) is 0 Å². The molecule has 1 atom stereocenters. The minimum atomic E-state index is -0.475. The highest BCUT2D eigenvalue weighted by molar-refractivity contribution is 5.49. The van der Waals surface area contributed by atoms with Gasteiger partial charge in [-0.25, -0.2) is 0 Å². The summed E-state index contributed by atoms with van der Waals surface area (Å²) in [6, 6.07) is 10.00. The predicted molar refractivity (Wildman–Crippen MR) is 70.1 cm³/mol. The van der Waals surface area contributed by atoms with E-state index in [-0.39, 0.29) is 0 Å². The number of aliphatic hydroxyl groups excluding tert-OH is 1. The van der Waals surface area contributed by atoms with Crippen molar-refractivity contribution in [3.8, 4) is 0 Å². The third kappa shape index (κ3) is 5.52. The molecule has 0 spiro atoms. The van der Waals surface area contributed by atoms with E-state index in [4.69, 9.17) is 0 Å². The van der Waals surface area contributed by atoms with Crippen LogP contribution in [-0.4, -0.2) is 11.2 Å². The van der Waals surface area contributed by atoms with Gasteiger partial charge in [-0.05, 0) is 12.0 Å². The van der Waals surface area contributed by atoms with E-state index in [2.05, 4.69) is 6.92 Å². The van der Waals surface area contributed by atoms with Crippen LogP contribution in [0.15, 0.2) is 48.6 Å². The minimum absolute atomic E-state index is 0.475. The van der Waals surface area contributed by atoms with Crippen LogP contribution in [-0.2, 0) is 0 Å². The van der Waals surface area contributed by atoms with Gasteiger partial charge in [-0.2, -0.15) is 0 Å². The van der Waals surface area contributed by atoms with Gasteiger partial charge >= 0.3 is 0 Å². The Bertz CT molecular complexity index is 325. The minimum Gasteiger partial charge on any atom is -0.385 e. The van der Waals surface area contributed by atoms with Gasteiger partial charge in [0.15, 0.2) is 0 Å². The van der Waals surface area contributed by atoms with Gasteiger partial charge in [-0.3, -0.25) is 0 Å². The summed E-state index contributed by atoms with van der Waals surface area (Å²) in [6.45, 7) is 2.17. The molecule has 1 heteroatoms. The van der Waals surface area contributed by atoms with E-state index in [0.29, 0.717) is 0 Å². The Morgan fingerprint density at radius 1 is 1.19 bits per heavy atom. The van der Waals surface area contributed by atoms with Crippen LogP contribution < -0.4 is 0 Å². The molecule has 0 saturated heterocycles. The lowest BCUT2D eigenvalue weighted by atomic mass is 10.1. The number of benzene rings is 1. The molecule has 0 aliphatic carbocycles. The molecule has 16 heavy (non-hydrogen) atoms. The first-order valence-corrected chi connectivity index (χ1v) is 5.91. The molecule has 1 aromatic carbocycles. The summed E-state index contributed by atoms with van der Waals surface area (Å²) in [5.41, 5.74) is 1.11. The van der Waals surface area contributed by atoms with Gasteiger partial charge in [-0.15, -0.1) is 0 Å². The van der Waals surface area contributed by atoms with Crippen molar-refractivity contribution in [3.05, 3.63) is 54.1 Å². The molecule has 1 unspecified atom stereocenters. The number of rotatable bonds is 6. The summed E-state index contributed by atoms with van der Waals surface area (Å²) in [6.07, 6.45) is 10.6. The van der Waals surface area contributed by atoms with Crippen molar-refractivity contribution in [1.82, 2.24) is 0 Å². The molecule has 0 amide bonds. The molecule has 1 aromatic rings. The molecule has 0 aromatic heterocycles. The third-order valence-corrected chi connectivity index (χ3v) is 2.34. The zero-order valence-corrected chi connectivity index (χ0v) is 9.84. The Morgan fingerprint density at radius 2 is 1.94 bits per heavy atom. The fraction of sp³-hybridized carbons (Fsp3) is 0.333. The van der Waals surface area contributed by atoms with E-state index in [9.17, 15) is 5.11 Å². The van der Waals surface area contributed by atoms with Gasteiger partial charge in [0, 0.05) is 0 Å². The van der Waals surface area contributed by atoms with Crippen molar-refractivity contribution in [1.29, 1.82) is 0 Å². The average molecular weight is 216 g/mol. The molecule has 0 saturated carbocycles. The van der Waals surface area contributed by atoms with Crippen molar-refractivity contribution in [2.75, 3.05) is 0 Å². The maximum atomic E-state index is 9.64.